The number of hydrogen-bond donors (Lipinski definition) is 3. The highest BCUT2D eigenvalue weighted by atomic mass is 32.2. The SMILES string of the molecule is CSc1ccc(CNC(=O)NC(C)CC(O)c2ccco2)cc1. The van der Waals surface area contributed by atoms with E-state index in [4.69, 9.17) is 4.42 Å². The number of carbonyl (C=O) groups is 1. The number of rotatable bonds is 7. The minimum absolute atomic E-state index is 0.172. The van der Waals surface area contributed by atoms with Crippen LogP contribution in [-0.4, -0.2) is 23.4 Å². The van der Waals surface area contributed by atoms with Crippen LogP contribution in [0, 0.1) is 0 Å². The Morgan fingerprint density at radius 1 is 1.30 bits per heavy atom. The van der Waals surface area contributed by atoms with Gasteiger partial charge in [0.1, 0.15) is 11.9 Å². The van der Waals surface area contributed by atoms with Gasteiger partial charge in [-0.15, -0.1) is 11.8 Å². The molecule has 1 heterocycles. The van der Waals surface area contributed by atoms with Crippen molar-refractivity contribution in [2.24, 2.45) is 0 Å². The second kappa shape index (κ2) is 8.64. The Labute approximate surface area is 140 Å². The first kappa shape index (κ1) is 17.4. The lowest BCUT2D eigenvalue weighted by Crippen LogP contribution is -2.41. The molecule has 5 nitrogen and oxygen atoms in total. The number of urea groups is 1. The fraction of sp³-hybridized carbons (Fsp3) is 0.353. The van der Waals surface area contributed by atoms with Gasteiger partial charge < -0.3 is 20.2 Å². The highest BCUT2D eigenvalue weighted by molar-refractivity contribution is 7.98. The summed E-state index contributed by atoms with van der Waals surface area (Å²) in [6, 6.07) is 11.1. The predicted octanol–water partition coefficient (Wildman–Crippen LogP) is 3.31. The Morgan fingerprint density at radius 2 is 2.04 bits per heavy atom. The molecule has 0 radical (unpaired) electrons. The lowest BCUT2D eigenvalue weighted by atomic mass is 10.1. The molecule has 0 fully saturated rings. The van der Waals surface area contributed by atoms with Crippen molar-refractivity contribution in [2.45, 2.75) is 36.9 Å². The topological polar surface area (TPSA) is 74.5 Å². The highest BCUT2D eigenvalue weighted by Gasteiger charge is 2.16. The van der Waals surface area contributed by atoms with Gasteiger partial charge in [-0.3, -0.25) is 0 Å². The molecule has 6 heteroatoms. The van der Waals surface area contributed by atoms with Crippen LogP contribution in [0.3, 0.4) is 0 Å². The van der Waals surface area contributed by atoms with Crippen molar-refractivity contribution in [3.8, 4) is 0 Å². The maximum Gasteiger partial charge on any atom is 0.315 e. The first-order valence-corrected chi connectivity index (χ1v) is 8.69. The van der Waals surface area contributed by atoms with Crippen molar-refractivity contribution in [3.63, 3.8) is 0 Å². The van der Waals surface area contributed by atoms with Crippen LogP contribution >= 0.6 is 11.8 Å². The molecule has 2 atom stereocenters. The molecule has 2 aromatic rings. The normalized spacial score (nSPS) is 13.3. The first-order chi connectivity index (χ1) is 11.1. The van der Waals surface area contributed by atoms with E-state index in [2.05, 4.69) is 10.6 Å². The molecular formula is C17H22N2O3S. The number of carbonyl (C=O) groups excluding carboxylic acids is 1. The van der Waals surface area contributed by atoms with Crippen LogP contribution in [0.2, 0.25) is 0 Å². The Bertz CT molecular complexity index is 599. The third-order valence-corrected chi connectivity index (χ3v) is 4.18. The molecule has 0 aliphatic heterocycles. The second-order valence-corrected chi connectivity index (χ2v) is 6.22. The zero-order chi connectivity index (χ0) is 16.7. The Kier molecular flexibility index (Phi) is 6.55. The lowest BCUT2D eigenvalue weighted by Gasteiger charge is -2.17. The number of benzene rings is 1. The molecule has 0 saturated heterocycles. The second-order valence-electron chi connectivity index (χ2n) is 5.34. The third-order valence-electron chi connectivity index (χ3n) is 3.44. The number of hydrogen-bond acceptors (Lipinski definition) is 4. The zero-order valence-corrected chi connectivity index (χ0v) is 14.1. The molecule has 2 unspecified atom stereocenters. The molecule has 0 aliphatic carbocycles. The number of thioether (sulfide) groups is 1. The molecular weight excluding hydrogens is 312 g/mol. The molecule has 2 amide bonds. The number of aliphatic hydroxyl groups is 1. The van der Waals surface area contributed by atoms with Crippen molar-refractivity contribution in [1.29, 1.82) is 0 Å². The predicted molar refractivity (Wildman–Crippen MR) is 91.3 cm³/mol. The van der Waals surface area contributed by atoms with Gasteiger partial charge in [0, 0.05) is 23.9 Å². The molecule has 3 N–H and O–H groups in total. The van der Waals surface area contributed by atoms with Crippen LogP contribution in [0.25, 0.3) is 0 Å². The third kappa shape index (κ3) is 5.65. The van der Waals surface area contributed by atoms with Gasteiger partial charge in [-0.05, 0) is 43.0 Å². The quantitative estimate of drug-likeness (QED) is 0.679. The first-order valence-electron chi connectivity index (χ1n) is 7.47. The molecule has 2 rings (SSSR count). The monoisotopic (exact) mass is 334 g/mol. The van der Waals surface area contributed by atoms with Gasteiger partial charge in [0.15, 0.2) is 0 Å². The smallest absolute Gasteiger partial charge is 0.315 e. The van der Waals surface area contributed by atoms with E-state index in [0.717, 1.165) is 5.56 Å². The van der Waals surface area contributed by atoms with E-state index >= 15 is 0 Å². The number of nitrogens with one attached hydrogen (secondary N) is 2. The average molecular weight is 334 g/mol. The van der Waals surface area contributed by atoms with Crippen molar-refractivity contribution < 1.29 is 14.3 Å². The summed E-state index contributed by atoms with van der Waals surface area (Å²) in [5, 5.41) is 15.6. The molecule has 0 bridgehead atoms. The van der Waals surface area contributed by atoms with Gasteiger partial charge in [0.05, 0.1) is 6.26 Å². The fourth-order valence-electron chi connectivity index (χ4n) is 2.19. The maximum atomic E-state index is 11.9. The average Bonchev–Trinajstić information content (AvgIpc) is 3.08. The van der Waals surface area contributed by atoms with Gasteiger partial charge >= 0.3 is 6.03 Å². The Hall–Kier alpha value is -1.92. The Morgan fingerprint density at radius 3 is 2.65 bits per heavy atom. The molecule has 23 heavy (non-hydrogen) atoms. The van der Waals surface area contributed by atoms with E-state index < -0.39 is 6.10 Å². The summed E-state index contributed by atoms with van der Waals surface area (Å²) in [5.74, 6) is 0.507. The molecule has 124 valence electrons. The van der Waals surface area contributed by atoms with E-state index in [1.807, 2.05) is 37.4 Å². The van der Waals surface area contributed by atoms with Gasteiger partial charge in [-0.25, -0.2) is 4.79 Å². The summed E-state index contributed by atoms with van der Waals surface area (Å²) in [6.45, 7) is 2.31. The fourth-order valence-corrected chi connectivity index (χ4v) is 2.60. The number of aliphatic hydroxyl groups excluding tert-OH is 1. The summed E-state index contributed by atoms with van der Waals surface area (Å²) < 4.78 is 5.15. The minimum atomic E-state index is -0.723. The van der Waals surface area contributed by atoms with Gasteiger partial charge in [-0.2, -0.15) is 0 Å². The van der Waals surface area contributed by atoms with E-state index in [1.165, 1.54) is 11.2 Å². The molecule has 0 spiro atoms. The maximum absolute atomic E-state index is 11.9. The molecule has 1 aromatic heterocycles. The van der Waals surface area contributed by atoms with Gasteiger partial charge in [0.25, 0.3) is 0 Å². The molecule has 0 aliphatic rings. The summed E-state index contributed by atoms with van der Waals surface area (Å²) in [4.78, 5) is 13.1. The molecule has 1 aromatic carbocycles. The molecule has 0 saturated carbocycles. The van der Waals surface area contributed by atoms with Crippen molar-refractivity contribution in [1.82, 2.24) is 10.6 Å². The van der Waals surface area contributed by atoms with E-state index in [-0.39, 0.29) is 12.1 Å². The van der Waals surface area contributed by atoms with Crippen LogP contribution in [0.4, 0.5) is 4.79 Å². The minimum Gasteiger partial charge on any atom is -0.467 e. The van der Waals surface area contributed by atoms with E-state index in [1.54, 1.807) is 23.9 Å². The number of amides is 2. The van der Waals surface area contributed by atoms with E-state index in [9.17, 15) is 9.90 Å². The van der Waals surface area contributed by atoms with Crippen LogP contribution in [0.5, 0.6) is 0 Å². The summed E-state index contributed by atoms with van der Waals surface area (Å²) >= 11 is 1.68. The largest absolute Gasteiger partial charge is 0.467 e. The van der Waals surface area contributed by atoms with Crippen LogP contribution in [0.15, 0.2) is 52.0 Å². The zero-order valence-electron chi connectivity index (χ0n) is 13.3. The van der Waals surface area contributed by atoms with Gasteiger partial charge in [0.2, 0.25) is 0 Å². The van der Waals surface area contributed by atoms with E-state index in [0.29, 0.717) is 18.7 Å². The lowest BCUT2D eigenvalue weighted by molar-refractivity contribution is 0.129. The number of furan rings is 1. The van der Waals surface area contributed by atoms with Gasteiger partial charge in [-0.1, -0.05) is 12.1 Å². The summed E-state index contributed by atoms with van der Waals surface area (Å²) in [5.41, 5.74) is 1.04. The Balaban J connectivity index is 1.73. The standard InChI is InChI=1S/C17H22N2O3S/c1-12(10-15(20)16-4-3-9-22-16)19-17(21)18-11-13-5-7-14(23-2)8-6-13/h3-9,12,15,20H,10-11H2,1-2H3,(H2,18,19,21). The van der Waals surface area contributed by atoms with Crippen molar-refractivity contribution >= 4 is 17.8 Å². The van der Waals surface area contributed by atoms with Crippen LogP contribution < -0.4 is 10.6 Å². The van der Waals surface area contributed by atoms with Crippen LogP contribution in [-0.2, 0) is 6.54 Å². The van der Waals surface area contributed by atoms with Crippen LogP contribution in [0.1, 0.15) is 30.8 Å². The highest BCUT2D eigenvalue weighted by Crippen LogP contribution is 2.18. The van der Waals surface area contributed by atoms with Crippen molar-refractivity contribution in [2.75, 3.05) is 6.26 Å². The summed E-state index contributed by atoms with van der Waals surface area (Å²) in [7, 11) is 0. The van der Waals surface area contributed by atoms with Crippen molar-refractivity contribution in [3.05, 3.63) is 54.0 Å². The summed E-state index contributed by atoms with van der Waals surface area (Å²) in [6.07, 6.45) is 3.22.